The predicted molar refractivity (Wildman–Crippen MR) is 102 cm³/mol. The van der Waals surface area contributed by atoms with E-state index in [-0.39, 0.29) is 12.5 Å². The molecule has 2 aromatic carbocycles. The van der Waals surface area contributed by atoms with Crippen LogP contribution in [0.2, 0.25) is 0 Å². The molecule has 2 heterocycles. The zero-order chi connectivity index (χ0) is 18.8. The van der Waals surface area contributed by atoms with Gasteiger partial charge >= 0.3 is 12.1 Å². The van der Waals surface area contributed by atoms with Gasteiger partial charge in [-0.25, -0.2) is 9.59 Å². The first-order valence-corrected chi connectivity index (χ1v) is 8.99. The molecule has 2 aliphatic rings. The van der Waals surface area contributed by atoms with Crippen molar-refractivity contribution in [2.24, 2.45) is 0 Å². The van der Waals surface area contributed by atoms with Crippen molar-refractivity contribution in [1.82, 2.24) is 10.2 Å². The average Bonchev–Trinajstić information content (AvgIpc) is 3.19. The standard InChI is InChI=1S/C20H20N4O3/c25-18(22-12-6-7-13-22)14-23-16-10-4-5-11-17(16)24(20(27)21-19(23)26)15-8-2-1-3-9-15/h1-5,8-11H,6-7,12-14H2,(H,21,26,27). The van der Waals surface area contributed by atoms with Crippen molar-refractivity contribution in [2.45, 2.75) is 12.8 Å². The zero-order valence-corrected chi connectivity index (χ0v) is 14.8. The summed E-state index contributed by atoms with van der Waals surface area (Å²) in [6.45, 7) is 1.33. The molecule has 0 unspecified atom stereocenters. The number of likely N-dealkylation sites (tertiary alicyclic amines) is 1. The lowest BCUT2D eigenvalue weighted by atomic mass is 10.2. The molecule has 0 aliphatic carbocycles. The van der Waals surface area contributed by atoms with E-state index in [1.165, 1.54) is 9.80 Å². The summed E-state index contributed by atoms with van der Waals surface area (Å²) < 4.78 is 0. The fourth-order valence-electron chi connectivity index (χ4n) is 3.51. The molecule has 0 atom stereocenters. The van der Waals surface area contributed by atoms with Gasteiger partial charge in [0.1, 0.15) is 6.54 Å². The van der Waals surface area contributed by atoms with Crippen LogP contribution in [0.15, 0.2) is 54.6 Å². The first-order valence-electron chi connectivity index (χ1n) is 8.99. The largest absolute Gasteiger partial charge is 0.341 e. The van der Waals surface area contributed by atoms with Crippen LogP contribution in [0.3, 0.4) is 0 Å². The van der Waals surface area contributed by atoms with Gasteiger partial charge in [0.25, 0.3) is 0 Å². The molecule has 0 saturated carbocycles. The quantitative estimate of drug-likeness (QED) is 0.910. The molecule has 4 rings (SSSR count). The monoisotopic (exact) mass is 364 g/mol. The first-order chi connectivity index (χ1) is 13.1. The number of imide groups is 1. The number of carbonyl (C=O) groups excluding carboxylic acids is 3. The lowest BCUT2D eigenvalue weighted by Gasteiger charge is -2.25. The number of carbonyl (C=O) groups is 3. The van der Waals surface area contributed by atoms with Gasteiger partial charge < -0.3 is 4.90 Å². The van der Waals surface area contributed by atoms with E-state index in [4.69, 9.17) is 0 Å². The van der Waals surface area contributed by atoms with Crippen LogP contribution in [0.1, 0.15) is 12.8 Å². The Bertz CT molecular complexity index is 878. The fraction of sp³-hybridized carbons (Fsp3) is 0.250. The van der Waals surface area contributed by atoms with Crippen molar-refractivity contribution >= 4 is 35.0 Å². The number of nitrogens with one attached hydrogen (secondary N) is 1. The van der Waals surface area contributed by atoms with Gasteiger partial charge in [0.05, 0.1) is 17.1 Å². The van der Waals surface area contributed by atoms with Gasteiger partial charge in [-0.2, -0.15) is 0 Å². The highest BCUT2D eigenvalue weighted by atomic mass is 16.2. The van der Waals surface area contributed by atoms with E-state index in [0.717, 1.165) is 12.8 Å². The van der Waals surface area contributed by atoms with E-state index in [0.29, 0.717) is 30.2 Å². The third-order valence-corrected chi connectivity index (χ3v) is 4.84. The molecule has 2 aliphatic heterocycles. The van der Waals surface area contributed by atoms with Gasteiger partial charge in [0.2, 0.25) is 5.91 Å². The second-order valence-electron chi connectivity index (χ2n) is 6.57. The first kappa shape index (κ1) is 17.1. The molecule has 1 saturated heterocycles. The summed E-state index contributed by atoms with van der Waals surface area (Å²) in [6, 6.07) is 15.1. The molecule has 7 heteroatoms. The molecule has 0 aromatic heterocycles. The topological polar surface area (TPSA) is 73.0 Å². The van der Waals surface area contributed by atoms with Crippen LogP contribution in [0.25, 0.3) is 0 Å². The normalized spacial score (nSPS) is 16.8. The average molecular weight is 364 g/mol. The third-order valence-electron chi connectivity index (χ3n) is 4.84. The third kappa shape index (κ3) is 3.23. The predicted octanol–water partition coefficient (Wildman–Crippen LogP) is 3.10. The van der Waals surface area contributed by atoms with Crippen molar-refractivity contribution in [3.8, 4) is 0 Å². The number of hydrogen-bond acceptors (Lipinski definition) is 3. The van der Waals surface area contributed by atoms with Crippen LogP contribution in [-0.2, 0) is 4.79 Å². The Morgan fingerprint density at radius 2 is 1.48 bits per heavy atom. The number of fused-ring (bicyclic) bond motifs is 1. The molecule has 1 fully saturated rings. The summed E-state index contributed by atoms with van der Waals surface area (Å²) in [4.78, 5) is 42.6. The molecule has 0 radical (unpaired) electrons. The Morgan fingerprint density at radius 1 is 0.852 bits per heavy atom. The van der Waals surface area contributed by atoms with Gasteiger partial charge in [-0.15, -0.1) is 0 Å². The molecule has 7 nitrogen and oxygen atoms in total. The number of hydrogen-bond donors (Lipinski definition) is 1. The molecule has 0 spiro atoms. The maximum Gasteiger partial charge on any atom is 0.334 e. The van der Waals surface area contributed by atoms with E-state index < -0.39 is 12.1 Å². The minimum absolute atomic E-state index is 0.0985. The van der Waals surface area contributed by atoms with Gasteiger partial charge in [-0.05, 0) is 37.1 Å². The minimum atomic E-state index is -0.599. The molecule has 2 aromatic rings. The summed E-state index contributed by atoms with van der Waals surface area (Å²) in [5.41, 5.74) is 1.72. The Kier molecular flexibility index (Phi) is 4.50. The van der Waals surface area contributed by atoms with Crippen LogP contribution in [0.4, 0.5) is 26.7 Å². The van der Waals surface area contributed by atoms with E-state index in [9.17, 15) is 14.4 Å². The number of amides is 5. The summed E-state index contributed by atoms with van der Waals surface area (Å²) in [5.74, 6) is -0.113. The van der Waals surface area contributed by atoms with Gasteiger partial charge in [0.15, 0.2) is 0 Å². The molecular weight excluding hydrogens is 344 g/mol. The van der Waals surface area contributed by atoms with Gasteiger partial charge in [0, 0.05) is 13.1 Å². The van der Waals surface area contributed by atoms with Gasteiger partial charge in [-0.1, -0.05) is 30.3 Å². The zero-order valence-electron chi connectivity index (χ0n) is 14.8. The van der Waals surface area contributed by atoms with Crippen LogP contribution >= 0.6 is 0 Å². The fourth-order valence-corrected chi connectivity index (χ4v) is 3.51. The molecule has 1 N–H and O–H groups in total. The van der Waals surface area contributed by atoms with Crippen LogP contribution in [0.5, 0.6) is 0 Å². The van der Waals surface area contributed by atoms with E-state index >= 15 is 0 Å². The summed E-state index contributed by atoms with van der Waals surface area (Å²) >= 11 is 0. The number of benzene rings is 2. The Labute approximate surface area is 157 Å². The van der Waals surface area contributed by atoms with Crippen molar-refractivity contribution < 1.29 is 14.4 Å². The van der Waals surface area contributed by atoms with E-state index in [1.54, 1.807) is 41.3 Å². The Hall–Kier alpha value is -3.35. The molecule has 138 valence electrons. The highest BCUT2D eigenvalue weighted by Gasteiger charge is 2.33. The Balaban J connectivity index is 1.73. The number of anilines is 3. The minimum Gasteiger partial charge on any atom is -0.341 e. The smallest absolute Gasteiger partial charge is 0.334 e. The molecular formula is C20H20N4O3. The van der Waals surface area contributed by atoms with Crippen molar-refractivity contribution in [3.05, 3.63) is 54.6 Å². The maximum atomic E-state index is 12.7. The van der Waals surface area contributed by atoms with Crippen LogP contribution in [-0.4, -0.2) is 42.5 Å². The second kappa shape index (κ2) is 7.11. The Morgan fingerprint density at radius 3 is 2.19 bits per heavy atom. The van der Waals surface area contributed by atoms with Crippen LogP contribution in [0, 0.1) is 0 Å². The highest BCUT2D eigenvalue weighted by Crippen LogP contribution is 2.36. The maximum absolute atomic E-state index is 12.7. The number of urea groups is 2. The van der Waals surface area contributed by atoms with Gasteiger partial charge in [-0.3, -0.25) is 19.9 Å². The highest BCUT2D eigenvalue weighted by molar-refractivity contribution is 6.17. The van der Waals surface area contributed by atoms with Crippen LogP contribution < -0.4 is 15.1 Å². The molecule has 27 heavy (non-hydrogen) atoms. The summed E-state index contributed by atoms with van der Waals surface area (Å²) in [5, 5.41) is 2.39. The summed E-state index contributed by atoms with van der Waals surface area (Å²) in [7, 11) is 0. The number of rotatable bonds is 3. The van der Waals surface area contributed by atoms with E-state index in [1.807, 2.05) is 18.2 Å². The number of para-hydroxylation sites is 3. The van der Waals surface area contributed by atoms with Crippen molar-refractivity contribution in [3.63, 3.8) is 0 Å². The van der Waals surface area contributed by atoms with E-state index in [2.05, 4.69) is 5.32 Å². The lowest BCUT2D eigenvalue weighted by molar-refractivity contribution is -0.128. The number of nitrogens with zero attached hydrogens (tertiary/aromatic N) is 3. The van der Waals surface area contributed by atoms with Crippen molar-refractivity contribution in [2.75, 3.05) is 29.4 Å². The lowest BCUT2D eigenvalue weighted by Crippen LogP contribution is -2.48. The van der Waals surface area contributed by atoms with Crippen molar-refractivity contribution in [1.29, 1.82) is 0 Å². The molecule has 0 bridgehead atoms. The summed E-state index contributed by atoms with van der Waals surface area (Å²) in [6.07, 6.45) is 1.96. The molecule has 5 amide bonds. The SMILES string of the molecule is O=C(CN1C(=O)NC(=O)N(c2ccccc2)c2ccccc21)N1CCCC1. The second-order valence-corrected chi connectivity index (χ2v) is 6.57.